The van der Waals surface area contributed by atoms with Crippen molar-refractivity contribution in [3.05, 3.63) is 237 Å². The van der Waals surface area contributed by atoms with Crippen LogP contribution >= 0.6 is 11.8 Å². The molecule has 0 heterocycles. The number of benzene rings is 9. The van der Waals surface area contributed by atoms with E-state index in [1.807, 2.05) is 11.8 Å². The lowest BCUT2D eigenvalue weighted by atomic mass is 10.0. The van der Waals surface area contributed by atoms with Gasteiger partial charge in [-0.2, -0.15) is 79.0 Å². The molecule has 1 unspecified atom stereocenters. The molecule has 0 fully saturated rings. The number of hydrogen-bond acceptors (Lipinski definition) is 7. The van der Waals surface area contributed by atoms with Gasteiger partial charge in [0.25, 0.3) is 0 Å². The molecular weight excluding hydrogens is 1340 g/mol. The monoisotopic (exact) mass is 1380 g/mol. The number of rotatable bonds is 17. The Hall–Kier alpha value is -7.41. The smallest absolute Gasteiger partial charge is 0.460 e. The molecule has 0 amide bonds. The predicted molar refractivity (Wildman–Crippen MR) is 307 cm³/mol. The summed E-state index contributed by atoms with van der Waals surface area (Å²) in [6, 6.07) is 86.0. The SMILES string of the molecule is O=S(=O)([O-])C(F)(F)C(F)(F)C(F)(F)C(F)(F)F.O=S(=O)([O-])C(F)(F)C(F)(F)C(F)(F)C(F)(F)F.c1ccc(-c2ccc(-c3ccccc3[SH+]c3ccc(-c4ccccc4)c(Sc4ccc([S+](c5ccccc5)c5ccc(-c6ccccc6)cc5)cc4)c3)cc2)cc1. The van der Waals surface area contributed by atoms with Gasteiger partial charge in [0, 0.05) is 33.2 Å². The van der Waals surface area contributed by atoms with Gasteiger partial charge in [-0.15, -0.1) is 0 Å². The first-order valence-electron chi connectivity index (χ1n) is 25.4. The molecule has 29 heteroatoms. The second-order valence-corrected chi connectivity index (χ2v) is 26.1. The Labute approximate surface area is 518 Å². The van der Waals surface area contributed by atoms with E-state index >= 15 is 0 Å². The lowest BCUT2D eigenvalue weighted by Gasteiger charge is -2.34. The summed E-state index contributed by atoms with van der Waals surface area (Å²) in [6.07, 6.45) is -14.3. The van der Waals surface area contributed by atoms with Crippen molar-refractivity contribution in [2.75, 3.05) is 0 Å². The van der Waals surface area contributed by atoms with Crippen molar-refractivity contribution in [1.29, 1.82) is 0 Å². The third-order valence-corrected chi connectivity index (χ3v) is 19.1. The average molecular weight is 1380 g/mol. The zero-order valence-electron chi connectivity index (χ0n) is 45.3. The van der Waals surface area contributed by atoms with Crippen molar-refractivity contribution in [1.82, 2.24) is 0 Å². The average Bonchev–Trinajstić information content (AvgIpc) is 0.740. The van der Waals surface area contributed by atoms with Crippen LogP contribution < -0.4 is 0 Å². The minimum Gasteiger partial charge on any atom is -0.743 e. The summed E-state index contributed by atoms with van der Waals surface area (Å²) >= 11 is 3.02. The number of halogens is 18. The lowest BCUT2D eigenvalue weighted by molar-refractivity contribution is -0.382. The van der Waals surface area contributed by atoms with E-state index in [4.69, 9.17) is 0 Å². The quantitative estimate of drug-likeness (QED) is 0.0386. The van der Waals surface area contributed by atoms with E-state index in [0.29, 0.717) is 0 Å². The van der Waals surface area contributed by atoms with Gasteiger partial charge in [-0.25, -0.2) is 16.8 Å². The van der Waals surface area contributed by atoms with Gasteiger partial charge >= 0.3 is 46.6 Å². The largest absolute Gasteiger partial charge is 0.743 e. The molecule has 9 aromatic rings. The molecule has 0 aliphatic carbocycles. The maximum absolute atomic E-state index is 12.2. The molecule has 0 bridgehead atoms. The molecule has 6 nitrogen and oxygen atoms in total. The van der Waals surface area contributed by atoms with Gasteiger partial charge in [-0.3, -0.25) is 0 Å². The van der Waals surface area contributed by atoms with Crippen LogP contribution in [0, 0.1) is 0 Å². The zero-order valence-corrected chi connectivity index (χ0v) is 49.5. The van der Waals surface area contributed by atoms with Crippen LogP contribution in [0.2, 0.25) is 0 Å². The molecule has 0 aromatic heterocycles. The van der Waals surface area contributed by atoms with Crippen LogP contribution in [-0.4, -0.2) is 72.5 Å². The van der Waals surface area contributed by atoms with Crippen LogP contribution in [0.5, 0.6) is 0 Å². The van der Waals surface area contributed by atoms with E-state index in [0.717, 1.165) is 0 Å². The fourth-order valence-corrected chi connectivity index (χ4v) is 13.3. The van der Waals surface area contributed by atoms with E-state index in [1.165, 1.54) is 90.5 Å². The Morgan fingerprint density at radius 3 is 1.05 bits per heavy atom. The van der Waals surface area contributed by atoms with Crippen LogP contribution in [0.1, 0.15) is 0 Å². The zero-order chi connectivity index (χ0) is 67.2. The van der Waals surface area contributed by atoms with E-state index in [-0.39, 0.29) is 10.9 Å². The normalized spacial score (nSPS) is 13.3. The first-order valence-corrected chi connectivity index (χ1v) is 31.2. The molecule has 0 N–H and O–H groups in total. The lowest BCUT2D eigenvalue weighted by Crippen LogP contribution is -2.63. The molecule has 0 aliphatic rings. The van der Waals surface area contributed by atoms with Crippen molar-refractivity contribution >= 4 is 54.7 Å². The van der Waals surface area contributed by atoms with Gasteiger partial charge in [0.1, 0.15) is 0 Å². The minimum atomic E-state index is -7.43. The number of thiol groups is 1. The summed E-state index contributed by atoms with van der Waals surface area (Å²) in [5.41, 5.74) is 9.91. The van der Waals surface area contributed by atoms with Crippen LogP contribution in [-0.2, 0) is 42.9 Å². The molecule has 0 aliphatic heterocycles. The predicted octanol–water partition coefficient (Wildman–Crippen LogP) is 18.7. The maximum Gasteiger partial charge on any atom is 0.460 e. The minimum absolute atomic E-state index is 0.234. The highest BCUT2D eigenvalue weighted by Gasteiger charge is 2.85. The highest BCUT2D eigenvalue weighted by molar-refractivity contribution is 7.99. The van der Waals surface area contributed by atoms with Crippen LogP contribution in [0.25, 0.3) is 44.5 Å². The maximum atomic E-state index is 12.2. The third-order valence-electron chi connectivity index (χ3n) is 12.8. The third kappa shape index (κ3) is 15.4. The standard InChI is InChI=1S/C54H39S3.2C4HF9O3S/c1-5-15-40(16-6-1)42-25-27-45(28-26-42)51-23-13-14-24-53(51)56-47-33-38-52(44-19-9-3-10-20-44)54(39-47)55-46-31-36-50(37-32-46)57(48-21-11-4-12-22-48)49-34-29-43(30-35-49)41-17-7-2-8-18-41;2*5-1(6,3(9,10)11)2(7,8)4(12,13)17(14,15)16/h1-39H;2*(H,14,15,16)/q+1;;/p-1. The Kier molecular flexibility index (Phi) is 21.4. The van der Waals surface area contributed by atoms with Crippen molar-refractivity contribution in [3.8, 4) is 44.5 Å². The molecule has 91 heavy (non-hydrogen) atoms. The van der Waals surface area contributed by atoms with Crippen molar-refractivity contribution in [2.45, 2.75) is 80.8 Å². The van der Waals surface area contributed by atoms with E-state index in [1.54, 1.807) is 0 Å². The first-order chi connectivity index (χ1) is 42.2. The van der Waals surface area contributed by atoms with Crippen LogP contribution in [0.3, 0.4) is 0 Å². The van der Waals surface area contributed by atoms with Gasteiger partial charge in [0.05, 0.1) is 10.9 Å². The molecule has 9 aromatic carbocycles. The Morgan fingerprint density at radius 2 is 0.648 bits per heavy atom. The molecule has 480 valence electrons. The molecule has 0 saturated heterocycles. The van der Waals surface area contributed by atoms with Crippen molar-refractivity contribution < 1.29 is 105 Å². The summed E-state index contributed by atoms with van der Waals surface area (Å²) in [7, 11) is -15.1. The van der Waals surface area contributed by atoms with Gasteiger partial charge in [-0.05, 0) is 124 Å². The van der Waals surface area contributed by atoms with E-state index < -0.39 is 66.8 Å². The second kappa shape index (κ2) is 27.4. The molecule has 0 spiro atoms. The van der Waals surface area contributed by atoms with Gasteiger partial charge < -0.3 is 9.11 Å². The molecular formula is C62H40F18O6S5. The van der Waals surface area contributed by atoms with Crippen LogP contribution in [0.4, 0.5) is 79.0 Å². The summed E-state index contributed by atoms with van der Waals surface area (Å²) in [5, 5.41) is -14.2. The summed E-state index contributed by atoms with van der Waals surface area (Å²) in [6.45, 7) is 0. The summed E-state index contributed by atoms with van der Waals surface area (Å²) in [5.74, 6) is -29.6. The highest BCUT2D eigenvalue weighted by atomic mass is 32.2. The molecule has 9 rings (SSSR count). The van der Waals surface area contributed by atoms with E-state index in [9.17, 15) is 105 Å². The Morgan fingerprint density at radius 1 is 0.330 bits per heavy atom. The number of hydrogen-bond donors (Lipinski definition) is 0. The molecule has 0 saturated carbocycles. The summed E-state index contributed by atoms with van der Waals surface area (Å²) < 4.78 is 271. The Balaban J connectivity index is 0.000000284. The second-order valence-electron chi connectivity index (χ2n) is 18.9. The Bertz CT molecular complexity index is 4060. The van der Waals surface area contributed by atoms with Gasteiger partial charge in [0.2, 0.25) is 0 Å². The van der Waals surface area contributed by atoms with Crippen LogP contribution in [0.15, 0.2) is 271 Å². The van der Waals surface area contributed by atoms with Gasteiger partial charge in [0.15, 0.2) is 44.7 Å². The van der Waals surface area contributed by atoms with E-state index in [2.05, 4.69) is 237 Å². The fourth-order valence-electron chi connectivity index (χ4n) is 8.13. The first kappa shape index (κ1) is 71.0. The van der Waals surface area contributed by atoms with Crippen molar-refractivity contribution in [3.63, 3.8) is 0 Å². The topological polar surface area (TPSA) is 114 Å². The molecule has 0 radical (unpaired) electrons. The molecule has 1 atom stereocenters. The van der Waals surface area contributed by atoms with Gasteiger partial charge in [-0.1, -0.05) is 157 Å². The highest BCUT2D eigenvalue weighted by Crippen LogP contribution is 2.56. The number of alkyl halides is 18. The fraction of sp³-hybridized carbons (Fsp3) is 0.129. The van der Waals surface area contributed by atoms with Crippen molar-refractivity contribution in [2.24, 2.45) is 0 Å². The summed E-state index contributed by atoms with van der Waals surface area (Å²) in [4.78, 5) is 8.97.